The lowest BCUT2D eigenvalue weighted by Crippen LogP contribution is -2.16. The molecule has 0 radical (unpaired) electrons. The molecule has 12 aromatic carbocycles. The van der Waals surface area contributed by atoms with E-state index in [1.54, 1.807) is 12.1 Å². The topological polar surface area (TPSA) is 52.1 Å². The predicted molar refractivity (Wildman–Crippen MR) is 305 cm³/mol. The Bertz CT molecular complexity index is 4480. The minimum Gasteiger partial charge on any atom is -0.436 e. The Hall–Kier alpha value is -9.80. The van der Waals surface area contributed by atoms with Gasteiger partial charge < -0.3 is 8.83 Å². The van der Waals surface area contributed by atoms with Gasteiger partial charge in [-0.05, 0) is 143 Å². The number of hydrogen-bond donors (Lipinski definition) is 0. The number of benzene rings is 12. The molecule has 0 bridgehead atoms. The highest BCUT2D eigenvalue weighted by atomic mass is 19.4. The summed E-state index contributed by atoms with van der Waals surface area (Å²) in [7, 11) is 0. The van der Waals surface area contributed by atoms with Crippen LogP contribution in [0.1, 0.15) is 16.7 Å². The SMILES string of the molecule is Cc1ccc2c(-c3ccc(-c4nc5ccccc5o4)cc3)c3ccccc3c(-c3ccccc3)c2c1.FC(F)(F)c1cc2nc(-c3ccc(-c4c5ccccc5c(-c5ccccc5)c5ccccc45)cc3)oc2cc1C(F)(F)F. The van der Waals surface area contributed by atoms with Crippen LogP contribution in [-0.2, 0) is 12.4 Å². The standard InChI is InChI=1S/C35H19F6NO.C34H23NO/c36-34(37,38)27-18-29-30(19-28(27)35(39,40)41)43-33(42-29)22-16-14-21(15-17-22)32-25-12-6-4-10-23(25)31(20-8-2-1-3-9-20)24-11-5-7-13-26(24)32;1-22-15-20-28-29(21-22)33(23-9-3-2-4-10-23)27-12-6-5-11-26(27)32(28)24-16-18-25(19-17-24)34-35-30-13-7-8-14-31(30)36-34/h1-19H;2-21H,1H3. The number of aryl methyl sites for hydroxylation is 1. The van der Waals surface area contributed by atoms with Crippen molar-refractivity contribution in [1.82, 2.24) is 9.97 Å². The van der Waals surface area contributed by atoms with Gasteiger partial charge in [-0.3, -0.25) is 0 Å². The third-order valence-electron chi connectivity index (χ3n) is 14.5. The van der Waals surface area contributed by atoms with Gasteiger partial charge in [0.1, 0.15) is 11.0 Å². The molecule has 0 fully saturated rings. The van der Waals surface area contributed by atoms with Crippen molar-refractivity contribution in [2.75, 3.05) is 0 Å². The lowest BCUT2D eigenvalue weighted by Gasteiger charge is -2.18. The van der Waals surface area contributed by atoms with Crippen LogP contribution in [0.25, 0.3) is 133 Å². The molecule has 2 heterocycles. The zero-order valence-corrected chi connectivity index (χ0v) is 42.0. The molecule has 79 heavy (non-hydrogen) atoms. The summed E-state index contributed by atoms with van der Waals surface area (Å²) in [6, 6.07) is 77.0. The van der Waals surface area contributed by atoms with Gasteiger partial charge in [-0.15, -0.1) is 0 Å². The highest BCUT2D eigenvalue weighted by molar-refractivity contribution is 6.23. The van der Waals surface area contributed by atoms with Crippen LogP contribution in [0, 0.1) is 6.92 Å². The summed E-state index contributed by atoms with van der Waals surface area (Å²) >= 11 is 0. The second kappa shape index (κ2) is 19.3. The van der Waals surface area contributed by atoms with Crippen molar-refractivity contribution in [3.05, 3.63) is 253 Å². The molecular weight excluding hydrogens is 1000 g/mol. The van der Waals surface area contributed by atoms with Crippen LogP contribution in [0.4, 0.5) is 26.3 Å². The summed E-state index contributed by atoms with van der Waals surface area (Å²) < 4.78 is 92.1. The van der Waals surface area contributed by atoms with Crippen LogP contribution in [0.15, 0.2) is 245 Å². The van der Waals surface area contributed by atoms with Gasteiger partial charge in [0.2, 0.25) is 11.8 Å². The maximum absolute atomic E-state index is 13.4. The second-order valence-electron chi connectivity index (χ2n) is 19.4. The van der Waals surface area contributed by atoms with Gasteiger partial charge in [0, 0.05) is 11.1 Å². The fraction of sp³-hybridized carbons (Fsp3) is 0.0435. The van der Waals surface area contributed by atoms with Gasteiger partial charge in [-0.1, -0.05) is 194 Å². The monoisotopic (exact) mass is 1040 g/mol. The zero-order chi connectivity index (χ0) is 54.0. The maximum Gasteiger partial charge on any atom is 0.417 e. The molecule has 2 aromatic heterocycles. The quantitative estimate of drug-likeness (QED) is 0.123. The molecule has 382 valence electrons. The van der Waals surface area contributed by atoms with E-state index in [9.17, 15) is 26.3 Å². The largest absolute Gasteiger partial charge is 0.436 e. The van der Waals surface area contributed by atoms with Crippen molar-refractivity contribution < 1.29 is 35.2 Å². The van der Waals surface area contributed by atoms with Crippen molar-refractivity contribution in [3.63, 3.8) is 0 Å². The fourth-order valence-electron chi connectivity index (χ4n) is 11.0. The van der Waals surface area contributed by atoms with Crippen molar-refractivity contribution in [2.24, 2.45) is 0 Å². The molecule has 0 aliphatic rings. The molecule has 4 nitrogen and oxygen atoms in total. The van der Waals surface area contributed by atoms with Crippen LogP contribution in [0.2, 0.25) is 0 Å². The lowest BCUT2D eigenvalue weighted by molar-refractivity contribution is -0.161. The van der Waals surface area contributed by atoms with Gasteiger partial charge in [0.15, 0.2) is 11.2 Å². The van der Waals surface area contributed by atoms with Crippen LogP contribution in [0.3, 0.4) is 0 Å². The molecule has 0 N–H and O–H groups in total. The van der Waals surface area contributed by atoms with E-state index in [2.05, 4.69) is 150 Å². The Balaban J connectivity index is 0.000000152. The number of rotatable bonds is 6. The average Bonchev–Trinajstić information content (AvgIpc) is 4.27. The predicted octanol–water partition coefficient (Wildman–Crippen LogP) is 20.6. The van der Waals surface area contributed by atoms with Crippen molar-refractivity contribution in [1.29, 1.82) is 0 Å². The molecule has 0 aliphatic heterocycles. The fourth-order valence-corrected chi connectivity index (χ4v) is 11.0. The Kier molecular flexibility index (Phi) is 11.9. The number of para-hydroxylation sites is 2. The molecule has 0 atom stereocenters. The number of fused-ring (bicyclic) bond motifs is 6. The Morgan fingerprint density at radius 2 is 0.633 bits per heavy atom. The van der Waals surface area contributed by atoms with E-state index in [4.69, 9.17) is 8.83 Å². The first-order valence-corrected chi connectivity index (χ1v) is 25.5. The molecule has 0 spiro atoms. The molecule has 14 rings (SSSR count). The summed E-state index contributed by atoms with van der Waals surface area (Å²) in [6.07, 6.45) is -10.4. The molecular formula is C69H42F6N2O2. The minimum atomic E-state index is -5.21. The van der Waals surface area contributed by atoms with E-state index in [-0.39, 0.29) is 17.0 Å². The van der Waals surface area contributed by atoms with E-state index >= 15 is 0 Å². The summed E-state index contributed by atoms with van der Waals surface area (Å²) in [5.41, 5.74) is 9.06. The summed E-state index contributed by atoms with van der Waals surface area (Å²) in [4.78, 5) is 8.77. The average molecular weight is 1050 g/mol. The molecule has 0 amide bonds. The number of oxazole rings is 2. The summed E-state index contributed by atoms with van der Waals surface area (Å²) in [6.45, 7) is 2.16. The Morgan fingerprint density at radius 3 is 1.08 bits per heavy atom. The third kappa shape index (κ3) is 8.91. The zero-order valence-electron chi connectivity index (χ0n) is 42.0. The van der Waals surface area contributed by atoms with Crippen molar-refractivity contribution in [2.45, 2.75) is 19.3 Å². The molecule has 14 aromatic rings. The first-order valence-electron chi connectivity index (χ1n) is 25.5. The molecule has 0 unspecified atom stereocenters. The van der Waals surface area contributed by atoms with E-state index < -0.39 is 23.5 Å². The number of hydrogen-bond acceptors (Lipinski definition) is 4. The second-order valence-corrected chi connectivity index (χ2v) is 19.4. The smallest absolute Gasteiger partial charge is 0.417 e. The first-order chi connectivity index (χ1) is 38.4. The number of halogens is 6. The van der Waals surface area contributed by atoms with Crippen molar-refractivity contribution >= 4 is 65.3 Å². The van der Waals surface area contributed by atoms with Crippen molar-refractivity contribution in [3.8, 4) is 67.4 Å². The van der Waals surface area contributed by atoms with E-state index in [1.807, 2.05) is 78.9 Å². The molecule has 0 saturated heterocycles. The van der Waals surface area contributed by atoms with Gasteiger partial charge in [0.25, 0.3) is 0 Å². The summed E-state index contributed by atoms with van der Waals surface area (Å²) in [5, 5.41) is 9.27. The number of nitrogens with zero attached hydrogens (tertiary/aromatic N) is 2. The molecule has 10 heteroatoms. The van der Waals surface area contributed by atoms with Crippen LogP contribution in [0.5, 0.6) is 0 Å². The van der Waals surface area contributed by atoms with Crippen LogP contribution < -0.4 is 0 Å². The van der Waals surface area contributed by atoms with Gasteiger partial charge in [0.05, 0.1) is 11.1 Å². The lowest BCUT2D eigenvalue weighted by atomic mass is 9.85. The minimum absolute atomic E-state index is 0.0804. The Morgan fingerprint density at radius 1 is 0.291 bits per heavy atom. The summed E-state index contributed by atoms with van der Waals surface area (Å²) in [5.74, 6) is 0.565. The van der Waals surface area contributed by atoms with Crippen LogP contribution in [-0.4, -0.2) is 9.97 Å². The Labute approximate surface area is 448 Å². The van der Waals surface area contributed by atoms with Gasteiger partial charge in [-0.25, -0.2) is 9.97 Å². The highest BCUT2D eigenvalue weighted by Crippen LogP contribution is 2.47. The van der Waals surface area contributed by atoms with Gasteiger partial charge >= 0.3 is 12.4 Å². The maximum atomic E-state index is 13.4. The number of aromatic nitrogens is 2. The molecule has 0 saturated carbocycles. The normalized spacial score (nSPS) is 12.0. The number of alkyl halides is 6. The molecule has 0 aliphatic carbocycles. The van der Waals surface area contributed by atoms with E-state index in [0.29, 0.717) is 23.6 Å². The third-order valence-corrected chi connectivity index (χ3v) is 14.5. The van der Waals surface area contributed by atoms with E-state index in [0.717, 1.165) is 60.5 Å². The first kappa shape index (κ1) is 48.8. The van der Waals surface area contributed by atoms with Crippen LogP contribution >= 0.6 is 0 Å². The highest BCUT2D eigenvalue weighted by Gasteiger charge is 2.44. The van der Waals surface area contributed by atoms with E-state index in [1.165, 1.54) is 49.4 Å². The van der Waals surface area contributed by atoms with Gasteiger partial charge in [-0.2, -0.15) is 26.3 Å².